The second kappa shape index (κ2) is 4.72. The number of rotatable bonds is 4. The van der Waals surface area contributed by atoms with Crippen LogP contribution in [0.4, 0.5) is 4.39 Å². The number of nitrogens with two attached hydrogens (primary N) is 1. The molecule has 1 amide bonds. The number of halogens is 1. The normalized spacial score (nSPS) is 12.4. The van der Waals surface area contributed by atoms with Crippen molar-refractivity contribution < 1.29 is 9.18 Å². The van der Waals surface area contributed by atoms with Crippen LogP contribution >= 0.6 is 0 Å². The Morgan fingerprint density at radius 2 is 2.07 bits per heavy atom. The number of primary amides is 1. The van der Waals surface area contributed by atoms with E-state index in [4.69, 9.17) is 5.73 Å². The first-order valence-corrected chi connectivity index (χ1v) is 4.43. The summed E-state index contributed by atoms with van der Waals surface area (Å²) in [5.41, 5.74) is 5.88. The standard InChI is InChI=1S/C10H13FN2O/c1-2-13-9(10(12)14)7-3-5-8(11)6-4-7/h3-6,9,13H,2H2,1H3,(H2,12,14). The summed E-state index contributed by atoms with van der Waals surface area (Å²) in [6, 6.07) is 5.17. The van der Waals surface area contributed by atoms with Gasteiger partial charge in [-0.1, -0.05) is 19.1 Å². The van der Waals surface area contributed by atoms with Crippen LogP contribution in [0.2, 0.25) is 0 Å². The van der Waals surface area contributed by atoms with Gasteiger partial charge in [-0.15, -0.1) is 0 Å². The Labute approximate surface area is 82.1 Å². The molecule has 1 rings (SSSR count). The quantitative estimate of drug-likeness (QED) is 0.753. The van der Waals surface area contributed by atoms with Crippen molar-refractivity contribution in [2.45, 2.75) is 13.0 Å². The van der Waals surface area contributed by atoms with E-state index in [1.165, 1.54) is 12.1 Å². The van der Waals surface area contributed by atoms with Gasteiger partial charge in [-0.25, -0.2) is 4.39 Å². The fourth-order valence-electron chi connectivity index (χ4n) is 1.24. The highest BCUT2D eigenvalue weighted by atomic mass is 19.1. The minimum atomic E-state index is -0.541. The number of benzene rings is 1. The number of amides is 1. The molecule has 0 fully saturated rings. The molecule has 3 N–H and O–H groups in total. The molecule has 1 unspecified atom stereocenters. The van der Waals surface area contributed by atoms with E-state index in [-0.39, 0.29) is 5.82 Å². The molecule has 0 heterocycles. The van der Waals surface area contributed by atoms with Crippen molar-refractivity contribution in [1.29, 1.82) is 0 Å². The summed E-state index contributed by atoms with van der Waals surface area (Å²) < 4.78 is 12.6. The summed E-state index contributed by atoms with van der Waals surface area (Å²) in [6.45, 7) is 2.50. The average Bonchev–Trinajstić information content (AvgIpc) is 2.15. The van der Waals surface area contributed by atoms with Crippen molar-refractivity contribution in [1.82, 2.24) is 5.32 Å². The second-order valence-electron chi connectivity index (χ2n) is 2.94. The molecule has 3 nitrogen and oxygen atoms in total. The molecule has 0 aliphatic rings. The first kappa shape index (κ1) is 10.7. The van der Waals surface area contributed by atoms with Gasteiger partial charge in [0.05, 0.1) is 0 Å². The predicted molar refractivity (Wildman–Crippen MR) is 52.0 cm³/mol. The lowest BCUT2D eigenvalue weighted by Gasteiger charge is -2.14. The van der Waals surface area contributed by atoms with Gasteiger partial charge in [-0.3, -0.25) is 4.79 Å². The van der Waals surface area contributed by atoms with E-state index in [9.17, 15) is 9.18 Å². The highest BCUT2D eigenvalue weighted by molar-refractivity contribution is 5.81. The molecule has 0 saturated heterocycles. The van der Waals surface area contributed by atoms with Gasteiger partial charge in [0.15, 0.2) is 0 Å². The molecule has 0 saturated carbocycles. The highest BCUT2D eigenvalue weighted by Gasteiger charge is 2.15. The summed E-state index contributed by atoms with van der Waals surface area (Å²) in [5.74, 6) is -0.785. The number of hydrogen-bond acceptors (Lipinski definition) is 2. The summed E-state index contributed by atoms with van der Waals surface area (Å²) in [6.07, 6.45) is 0. The molecule has 0 aromatic heterocycles. The molecular weight excluding hydrogens is 183 g/mol. The average molecular weight is 196 g/mol. The zero-order chi connectivity index (χ0) is 10.6. The van der Waals surface area contributed by atoms with Crippen molar-refractivity contribution in [3.63, 3.8) is 0 Å². The maximum absolute atomic E-state index is 12.6. The third-order valence-corrected chi connectivity index (χ3v) is 1.90. The Hall–Kier alpha value is -1.42. The van der Waals surface area contributed by atoms with Crippen molar-refractivity contribution in [2.24, 2.45) is 5.73 Å². The summed E-state index contributed by atoms with van der Waals surface area (Å²) in [4.78, 5) is 11.0. The SMILES string of the molecule is CCNC(C(N)=O)c1ccc(F)cc1. The van der Waals surface area contributed by atoms with E-state index < -0.39 is 11.9 Å². The number of nitrogens with one attached hydrogen (secondary N) is 1. The largest absolute Gasteiger partial charge is 0.368 e. The molecule has 0 spiro atoms. The predicted octanol–water partition coefficient (Wildman–Crippen LogP) is 0.962. The second-order valence-corrected chi connectivity index (χ2v) is 2.94. The molecule has 1 aromatic carbocycles. The minimum Gasteiger partial charge on any atom is -0.368 e. The minimum absolute atomic E-state index is 0.325. The van der Waals surface area contributed by atoms with Crippen LogP contribution in [-0.2, 0) is 4.79 Å². The molecule has 1 atom stereocenters. The lowest BCUT2D eigenvalue weighted by atomic mass is 10.1. The van der Waals surface area contributed by atoms with Crippen LogP contribution in [0.25, 0.3) is 0 Å². The molecule has 0 radical (unpaired) electrons. The monoisotopic (exact) mass is 196 g/mol. The number of carbonyl (C=O) groups excluding carboxylic acids is 1. The molecule has 76 valence electrons. The Kier molecular flexibility index (Phi) is 3.59. The van der Waals surface area contributed by atoms with Gasteiger partial charge in [0, 0.05) is 0 Å². The van der Waals surface area contributed by atoms with Crippen LogP contribution < -0.4 is 11.1 Å². The van der Waals surface area contributed by atoms with Gasteiger partial charge >= 0.3 is 0 Å². The molecule has 0 aliphatic carbocycles. The Balaban J connectivity index is 2.87. The van der Waals surface area contributed by atoms with Crippen molar-refractivity contribution in [3.05, 3.63) is 35.6 Å². The molecule has 1 aromatic rings. The van der Waals surface area contributed by atoms with Crippen LogP contribution in [0.3, 0.4) is 0 Å². The van der Waals surface area contributed by atoms with Gasteiger partial charge in [0.2, 0.25) is 5.91 Å². The highest BCUT2D eigenvalue weighted by Crippen LogP contribution is 2.12. The van der Waals surface area contributed by atoms with Gasteiger partial charge in [0.25, 0.3) is 0 Å². The topological polar surface area (TPSA) is 55.1 Å². The Morgan fingerprint density at radius 3 is 2.50 bits per heavy atom. The Bertz CT molecular complexity index is 310. The number of hydrogen-bond donors (Lipinski definition) is 2. The fraction of sp³-hybridized carbons (Fsp3) is 0.300. The molecule has 0 bridgehead atoms. The van der Waals surface area contributed by atoms with Crippen molar-refractivity contribution in [2.75, 3.05) is 6.54 Å². The van der Waals surface area contributed by atoms with Crippen molar-refractivity contribution >= 4 is 5.91 Å². The maximum Gasteiger partial charge on any atom is 0.239 e. The van der Waals surface area contributed by atoms with E-state index in [1.54, 1.807) is 12.1 Å². The third-order valence-electron chi connectivity index (χ3n) is 1.90. The lowest BCUT2D eigenvalue weighted by Crippen LogP contribution is -2.33. The van der Waals surface area contributed by atoms with Gasteiger partial charge in [-0.05, 0) is 24.2 Å². The molecule has 4 heteroatoms. The smallest absolute Gasteiger partial charge is 0.239 e. The van der Waals surface area contributed by atoms with Gasteiger partial charge < -0.3 is 11.1 Å². The number of carbonyl (C=O) groups is 1. The van der Waals surface area contributed by atoms with Crippen LogP contribution in [0.1, 0.15) is 18.5 Å². The van der Waals surface area contributed by atoms with E-state index in [1.807, 2.05) is 6.92 Å². The van der Waals surface area contributed by atoms with E-state index in [2.05, 4.69) is 5.32 Å². The Morgan fingerprint density at radius 1 is 1.50 bits per heavy atom. The zero-order valence-corrected chi connectivity index (χ0v) is 7.96. The molecule has 0 aliphatic heterocycles. The summed E-state index contributed by atoms with van der Waals surface area (Å²) >= 11 is 0. The summed E-state index contributed by atoms with van der Waals surface area (Å²) in [7, 11) is 0. The van der Waals surface area contributed by atoms with E-state index in [0.717, 1.165) is 0 Å². The first-order chi connectivity index (χ1) is 6.65. The van der Waals surface area contributed by atoms with Gasteiger partial charge in [0.1, 0.15) is 11.9 Å². The first-order valence-electron chi connectivity index (χ1n) is 4.43. The van der Waals surface area contributed by atoms with E-state index >= 15 is 0 Å². The molecular formula is C10H13FN2O. The van der Waals surface area contributed by atoms with E-state index in [0.29, 0.717) is 12.1 Å². The van der Waals surface area contributed by atoms with Gasteiger partial charge in [-0.2, -0.15) is 0 Å². The summed E-state index contributed by atoms with van der Waals surface area (Å²) in [5, 5.41) is 2.92. The molecule has 14 heavy (non-hydrogen) atoms. The van der Waals surface area contributed by atoms with Crippen LogP contribution in [0.5, 0.6) is 0 Å². The fourth-order valence-corrected chi connectivity index (χ4v) is 1.24. The number of likely N-dealkylation sites (N-methyl/N-ethyl adjacent to an activating group) is 1. The third kappa shape index (κ3) is 2.53. The van der Waals surface area contributed by atoms with Crippen LogP contribution in [0.15, 0.2) is 24.3 Å². The zero-order valence-electron chi connectivity index (χ0n) is 7.96. The van der Waals surface area contributed by atoms with Crippen molar-refractivity contribution in [3.8, 4) is 0 Å². The van der Waals surface area contributed by atoms with Crippen LogP contribution in [0, 0.1) is 5.82 Å². The lowest BCUT2D eigenvalue weighted by molar-refractivity contribution is -0.120. The van der Waals surface area contributed by atoms with Crippen LogP contribution in [-0.4, -0.2) is 12.5 Å². The maximum atomic E-state index is 12.6.